The van der Waals surface area contributed by atoms with Crippen molar-refractivity contribution in [3.8, 4) is 0 Å². The first kappa shape index (κ1) is 16.5. The fraction of sp³-hybridized carbons (Fsp3) is 0.765. The van der Waals surface area contributed by atoms with E-state index in [4.69, 9.17) is 9.47 Å². The Hall–Kier alpha value is -1.40. The molecule has 0 N–H and O–H groups in total. The Morgan fingerprint density at radius 1 is 1.35 bits per heavy atom. The van der Waals surface area contributed by atoms with E-state index in [0.29, 0.717) is 19.7 Å². The van der Waals surface area contributed by atoms with E-state index in [-0.39, 0.29) is 23.7 Å². The van der Waals surface area contributed by atoms with Crippen LogP contribution in [0.3, 0.4) is 0 Å². The molecule has 0 aliphatic carbocycles. The van der Waals surface area contributed by atoms with Gasteiger partial charge in [-0.05, 0) is 46.6 Å². The van der Waals surface area contributed by atoms with Gasteiger partial charge < -0.3 is 14.4 Å². The number of rotatable bonds is 2. The summed E-state index contributed by atoms with van der Waals surface area (Å²) in [4.78, 5) is 14.7. The van der Waals surface area contributed by atoms with Gasteiger partial charge in [-0.2, -0.15) is 5.10 Å². The van der Waals surface area contributed by atoms with E-state index in [9.17, 15) is 4.79 Å². The van der Waals surface area contributed by atoms with Crippen molar-refractivity contribution in [2.24, 2.45) is 0 Å². The van der Waals surface area contributed by atoms with Crippen molar-refractivity contribution in [2.75, 3.05) is 26.3 Å². The summed E-state index contributed by atoms with van der Waals surface area (Å²) in [5.41, 5.74) is 1.24. The fourth-order valence-electron chi connectivity index (χ4n) is 3.79. The zero-order valence-electron chi connectivity index (χ0n) is 14.6. The highest BCUT2D eigenvalue weighted by Gasteiger charge is 2.46. The summed E-state index contributed by atoms with van der Waals surface area (Å²) in [5, 5.41) is 4.40. The molecule has 23 heavy (non-hydrogen) atoms. The highest BCUT2D eigenvalue weighted by molar-refractivity contribution is 5.76. The lowest BCUT2D eigenvalue weighted by molar-refractivity contribution is -0.232. The van der Waals surface area contributed by atoms with Gasteiger partial charge in [-0.1, -0.05) is 0 Å². The van der Waals surface area contributed by atoms with Gasteiger partial charge >= 0.3 is 0 Å². The molecule has 3 rings (SSSR count). The lowest BCUT2D eigenvalue weighted by Crippen LogP contribution is -2.63. The van der Waals surface area contributed by atoms with E-state index in [0.717, 1.165) is 30.8 Å². The molecule has 128 valence electrons. The number of aryl methyl sites for hydroxylation is 2. The van der Waals surface area contributed by atoms with Crippen LogP contribution in [-0.4, -0.2) is 58.1 Å². The minimum Gasteiger partial charge on any atom is -0.378 e. The smallest absolute Gasteiger partial charge is 0.244 e. The van der Waals surface area contributed by atoms with Gasteiger partial charge in [0.1, 0.15) is 12.1 Å². The Bertz CT molecular complexity index is 588. The molecule has 0 saturated carbocycles. The number of hydrogen-bond acceptors (Lipinski definition) is 4. The Kier molecular flexibility index (Phi) is 4.23. The third kappa shape index (κ3) is 3.58. The van der Waals surface area contributed by atoms with Gasteiger partial charge in [0.25, 0.3) is 0 Å². The van der Waals surface area contributed by atoms with Gasteiger partial charge in [0.05, 0.1) is 24.4 Å². The number of carbonyl (C=O) groups excluding carboxylic acids is 1. The summed E-state index contributed by atoms with van der Waals surface area (Å²) in [6.45, 7) is 10.9. The summed E-state index contributed by atoms with van der Waals surface area (Å²) in [6, 6.07) is 1.99. The second kappa shape index (κ2) is 5.91. The molecule has 1 atom stereocenters. The largest absolute Gasteiger partial charge is 0.378 e. The minimum atomic E-state index is -0.357. The van der Waals surface area contributed by atoms with Crippen molar-refractivity contribution in [1.82, 2.24) is 14.7 Å². The van der Waals surface area contributed by atoms with E-state index in [1.54, 1.807) is 4.68 Å². The summed E-state index contributed by atoms with van der Waals surface area (Å²) >= 11 is 0. The van der Waals surface area contributed by atoms with Crippen LogP contribution in [0.4, 0.5) is 0 Å². The maximum absolute atomic E-state index is 12.8. The van der Waals surface area contributed by atoms with Gasteiger partial charge in [-0.3, -0.25) is 9.48 Å². The SMILES string of the molecule is Cc1cc(C)n(CC(=O)N2CC(C)(C)OC3(CCCOC3)C2)n1. The fourth-order valence-corrected chi connectivity index (χ4v) is 3.79. The highest BCUT2D eigenvalue weighted by Crippen LogP contribution is 2.34. The molecule has 1 aromatic heterocycles. The Labute approximate surface area is 137 Å². The molecular formula is C17H27N3O3. The molecular weight excluding hydrogens is 294 g/mol. The Morgan fingerprint density at radius 3 is 2.74 bits per heavy atom. The molecule has 2 fully saturated rings. The predicted octanol–water partition coefficient (Wildman–Crippen LogP) is 1.69. The first-order chi connectivity index (χ1) is 10.8. The summed E-state index contributed by atoms with van der Waals surface area (Å²) in [7, 11) is 0. The second-order valence-electron chi connectivity index (χ2n) is 7.54. The van der Waals surface area contributed by atoms with Crippen LogP contribution >= 0.6 is 0 Å². The molecule has 6 heteroatoms. The molecule has 1 amide bonds. The van der Waals surface area contributed by atoms with Crippen LogP contribution in [0.15, 0.2) is 6.07 Å². The zero-order valence-corrected chi connectivity index (χ0v) is 14.6. The van der Waals surface area contributed by atoms with Crippen molar-refractivity contribution in [2.45, 2.75) is 58.3 Å². The van der Waals surface area contributed by atoms with Crippen molar-refractivity contribution < 1.29 is 14.3 Å². The van der Waals surface area contributed by atoms with Crippen LogP contribution in [-0.2, 0) is 20.8 Å². The lowest BCUT2D eigenvalue weighted by atomic mass is 9.90. The molecule has 2 saturated heterocycles. The average Bonchev–Trinajstić information content (AvgIpc) is 2.75. The van der Waals surface area contributed by atoms with Crippen LogP contribution < -0.4 is 0 Å². The molecule has 0 radical (unpaired) electrons. The number of hydrogen-bond donors (Lipinski definition) is 0. The van der Waals surface area contributed by atoms with E-state index in [1.807, 2.05) is 38.7 Å². The average molecular weight is 321 g/mol. The summed E-state index contributed by atoms with van der Waals surface area (Å²) < 4.78 is 13.7. The van der Waals surface area contributed by atoms with Crippen molar-refractivity contribution in [3.63, 3.8) is 0 Å². The molecule has 1 spiro atoms. The third-order valence-electron chi connectivity index (χ3n) is 4.57. The summed E-state index contributed by atoms with van der Waals surface area (Å²) in [5.74, 6) is 0.0949. The number of carbonyl (C=O) groups is 1. The molecule has 1 unspecified atom stereocenters. The maximum Gasteiger partial charge on any atom is 0.244 e. The second-order valence-corrected chi connectivity index (χ2v) is 7.54. The van der Waals surface area contributed by atoms with Gasteiger partial charge in [0.15, 0.2) is 0 Å². The van der Waals surface area contributed by atoms with Crippen molar-refractivity contribution in [3.05, 3.63) is 17.5 Å². The number of amides is 1. The molecule has 2 aliphatic heterocycles. The first-order valence-electron chi connectivity index (χ1n) is 8.35. The maximum atomic E-state index is 12.8. The zero-order chi connectivity index (χ0) is 16.7. The van der Waals surface area contributed by atoms with Crippen molar-refractivity contribution in [1.29, 1.82) is 0 Å². The molecule has 0 bridgehead atoms. The molecule has 0 aromatic carbocycles. The van der Waals surface area contributed by atoms with Crippen LogP contribution in [0.2, 0.25) is 0 Å². The van der Waals surface area contributed by atoms with Gasteiger partial charge in [0, 0.05) is 18.8 Å². The van der Waals surface area contributed by atoms with E-state index < -0.39 is 0 Å². The van der Waals surface area contributed by atoms with E-state index in [1.165, 1.54) is 0 Å². The third-order valence-corrected chi connectivity index (χ3v) is 4.57. The monoisotopic (exact) mass is 321 g/mol. The van der Waals surface area contributed by atoms with E-state index in [2.05, 4.69) is 5.10 Å². The molecule has 2 aliphatic rings. The predicted molar refractivity (Wildman–Crippen MR) is 86.2 cm³/mol. The lowest BCUT2D eigenvalue weighted by Gasteiger charge is -2.51. The Balaban J connectivity index is 1.75. The molecule has 3 heterocycles. The number of aromatic nitrogens is 2. The normalized spacial score (nSPS) is 27.4. The standard InChI is InChI=1S/C17H27N3O3/c1-13-8-14(2)20(18-13)9-15(21)19-10-16(3,4)23-17(11-19)6-5-7-22-12-17/h8H,5-7,9-12H2,1-4H3. The highest BCUT2D eigenvalue weighted by atomic mass is 16.6. The summed E-state index contributed by atoms with van der Waals surface area (Å²) in [6.07, 6.45) is 1.93. The number of ether oxygens (including phenoxy) is 2. The Morgan fingerprint density at radius 2 is 2.13 bits per heavy atom. The van der Waals surface area contributed by atoms with Crippen LogP contribution in [0.25, 0.3) is 0 Å². The van der Waals surface area contributed by atoms with Gasteiger partial charge in [0.2, 0.25) is 5.91 Å². The molecule has 1 aromatic rings. The first-order valence-corrected chi connectivity index (χ1v) is 8.35. The quantitative estimate of drug-likeness (QED) is 0.832. The van der Waals surface area contributed by atoms with Crippen LogP contribution in [0.5, 0.6) is 0 Å². The van der Waals surface area contributed by atoms with E-state index >= 15 is 0 Å². The topological polar surface area (TPSA) is 56.6 Å². The number of morpholine rings is 1. The molecule has 6 nitrogen and oxygen atoms in total. The van der Waals surface area contributed by atoms with Gasteiger partial charge in [-0.15, -0.1) is 0 Å². The van der Waals surface area contributed by atoms with Crippen LogP contribution in [0.1, 0.15) is 38.1 Å². The minimum absolute atomic E-state index is 0.0949. The number of nitrogens with zero attached hydrogens (tertiary/aromatic N) is 3. The van der Waals surface area contributed by atoms with Crippen molar-refractivity contribution >= 4 is 5.91 Å². The van der Waals surface area contributed by atoms with Crippen LogP contribution in [0, 0.1) is 13.8 Å². The van der Waals surface area contributed by atoms with Gasteiger partial charge in [-0.25, -0.2) is 0 Å².